The molecule has 0 radical (unpaired) electrons. The van der Waals surface area contributed by atoms with Crippen LogP contribution in [-0.4, -0.2) is 0 Å². The molecule has 0 saturated carbocycles. The maximum atomic E-state index is 13.1. The normalized spacial score (nSPS) is 10.5. The highest BCUT2D eigenvalue weighted by Crippen LogP contribution is 2.35. The van der Waals surface area contributed by atoms with E-state index >= 15 is 0 Å². The fourth-order valence-corrected chi connectivity index (χ4v) is 2.31. The molecule has 0 spiro atoms. The van der Waals surface area contributed by atoms with Gasteiger partial charge >= 0.3 is 0 Å². The quantitative estimate of drug-likeness (QED) is 0.812. The van der Waals surface area contributed by atoms with Gasteiger partial charge in [-0.2, -0.15) is 0 Å². The van der Waals surface area contributed by atoms with E-state index in [4.69, 9.17) is 45.3 Å². The molecule has 0 bridgehead atoms. The van der Waals surface area contributed by atoms with Crippen molar-refractivity contribution in [2.24, 2.45) is 0 Å². The fourth-order valence-electron chi connectivity index (χ4n) is 1.52. The van der Waals surface area contributed by atoms with Crippen molar-refractivity contribution in [3.63, 3.8) is 0 Å². The Morgan fingerprint density at radius 2 is 1.63 bits per heavy atom. The molecule has 0 aromatic heterocycles. The van der Waals surface area contributed by atoms with E-state index in [0.717, 1.165) is 0 Å². The number of hydrogen-bond acceptors (Lipinski definition) is 2. The zero-order valence-corrected chi connectivity index (χ0v) is 11.9. The molecule has 2 aromatic carbocycles. The predicted molar refractivity (Wildman–Crippen MR) is 76.6 cm³/mol. The molecule has 0 amide bonds. The molecule has 0 heterocycles. The Kier molecular flexibility index (Phi) is 4.40. The van der Waals surface area contributed by atoms with Crippen molar-refractivity contribution >= 4 is 40.5 Å². The standard InChI is InChI=1S/C13H9Cl3FNO/c14-10-2-1-8(17)3-7(10)6-19-13-11(15)4-9(18)5-12(13)16/h1-5H,6,18H2. The van der Waals surface area contributed by atoms with Gasteiger partial charge < -0.3 is 10.5 Å². The minimum Gasteiger partial charge on any atom is -0.486 e. The van der Waals surface area contributed by atoms with E-state index in [1.165, 1.54) is 30.3 Å². The predicted octanol–water partition coefficient (Wildman–Crippen LogP) is 4.95. The average molecular weight is 321 g/mol. The van der Waals surface area contributed by atoms with Crippen molar-refractivity contribution in [3.8, 4) is 5.75 Å². The first-order valence-electron chi connectivity index (χ1n) is 5.28. The molecule has 19 heavy (non-hydrogen) atoms. The highest BCUT2D eigenvalue weighted by molar-refractivity contribution is 6.37. The third-order valence-corrected chi connectivity index (χ3v) is 3.33. The molecule has 2 rings (SSSR count). The van der Waals surface area contributed by atoms with Crippen molar-refractivity contribution < 1.29 is 9.13 Å². The van der Waals surface area contributed by atoms with E-state index < -0.39 is 5.82 Å². The van der Waals surface area contributed by atoms with Gasteiger partial charge in [0.15, 0.2) is 5.75 Å². The molecule has 6 heteroatoms. The van der Waals surface area contributed by atoms with Crippen LogP contribution in [0.15, 0.2) is 30.3 Å². The van der Waals surface area contributed by atoms with Gasteiger partial charge in [0, 0.05) is 16.3 Å². The van der Waals surface area contributed by atoms with Crippen LogP contribution in [0.4, 0.5) is 10.1 Å². The van der Waals surface area contributed by atoms with Gasteiger partial charge in [-0.15, -0.1) is 0 Å². The molecule has 0 saturated heterocycles. The van der Waals surface area contributed by atoms with Gasteiger partial charge in [-0.05, 0) is 30.3 Å². The summed E-state index contributed by atoms with van der Waals surface area (Å²) in [6.07, 6.45) is 0. The van der Waals surface area contributed by atoms with Crippen LogP contribution >= 0.6 is 34.8 Å². The number of rotatable bonds is 3. The number of hydrogen-bond donors (Lipinski definition) is 1. The average Bonchev–Trinajstić information content (AvgIpc) is 2.32. The minimum absolute atomic E-state index is 0.0555. The Hall–Kier alpha value is -1.16. The summed E-state index contributed by atoms with van der Waals surface area (Å²) in [4.78, 5) is 0. The second kappa shape index (κ2) is 5.87. The lowest BCUT2D eigenvalue weighted by molar-refractivity contribution is 0.306. The van der Waals surface area contributed by atoms with E-state index in [2.05, 4.69) is 0 Å². The summed E-state index contributed by atoms with van der Waals surface area (Å²) >= 11 is 17.9. The summed E-state index contributed by atoms with van der Waals surface area (Å²) in [7, 11) is 0. The van der Waals surface area contributed by atoms with Gasteiger partial charge in [0.1, 0.15) is 12.4 Å². The highest BCUT2D eigenvalue weighted by Gasteiger charge is 2.10. The van der Waals surface area contributed by atoms with Crippen LogP contribution in [0.2, 0.25) is 15.1 Å². The van der Waals surface area contributed by atoms with Gasteiger partial charge in [0.2, 0.25) is 0 Å². The molecule has 2 N–H and O–H groups in total. The van der Waals surface area contributed by atoms with Crippen LogP contribution in [0.5, 0.6) is 5.75 Å². The Balaban J connectivity index is 2.21. The molecule has 100 valence electrons. The lowest BCUT2D eigenvalue weighted by atomic mass is 10.2. The van der Waals surface area contributed by atoms with Crippen molar-refractivity contribution in [2.75, 3.05) is 5.73 Å². The lowest BCUT2D eigenvalue weighted by Gasteiger charge is -2.11. The molecular weight excluding hydrogens is 312 g/mol. The van der Waals surface area contributed by atoms with Crippen LogP contribution in [0.25, 0.3) is 0 Å². The van der Waals surface area contributed by atoms with Crippen LogP contribution in [-0.2, 0) is 6.61 Å². The van der Waals surface area contributed by atoms with E-state index in [1.807, 2.05) is 0 Å². The monoisotopic (exact) mass is 319 g/mol. The van der Waals surface area contributed by atoms with Crippen molar-refractivity contribution in [1.82, 2.24) is 0 Å². The van der Waals surface area contributed by atoms with E-state index in [1.54, 1.807) is 0 Å². The van der Waals surface area contributed by atoms with Gasteiger partial charge in [0.25, 0.3) is 0 Å². The Morgan fingerprint density at radius 3 is 2.26 bits per heavy atom. The van der Waals surface area contributed by atoms with Crippen LogP contribution < -0.4 is 10.5 Å². The van der Waals surface area contributed by atoms with Gasteiger partial charge in [-0.25, -0.2) is 4.39 Å². The van der Waals surface area contributed by atoms with Gasteiger partial charge in [-0.3, -0.25) is 0 Å². The number of ether oxygens (including phenoxy) is 1. The van der Waals surface area contributed by atoms with E-state index in [0.29, 0.717) is 16.3 Å². The van der Waals surface area contributed by atoms with E-state index in [-0.39, 0.29) is 22.4 Å². The smallest absolute Gasteiger partial charge is 0.157 e. The lowest BCUT2D eigenvalue weighted by Crippen LogP contribution is -1.99. The fraction of sp³-hybridized carbons (Fsp3) is 0.0769. The molecule has 0 unspecified atom stereocenters. The zero-order valence-electron chi connectivity index (χ0n) is 9.59. The largest absolute Gasteiger partial charge is 0.486 e. The zero-order chi connectivity index (χ0) is 14.0. The number of anilines is 1. The minimum atomic E-state index is -0.391. The molecule has 0 aliphatic carbocycles. The SMILES string of the molecule is Nc1cc(Cl)c(OCc2cc(F)ccc2Cl)c(Cl)c1. The summed E-state index contributed by atoms with van der Waals surface area (Å²) in [6.45, 7) is 0.0555. The molecule has 0 atom stereocenters. The number of nitrogen functional groups attached to an aromatic ring is 1. The second-order valence-electron chi connectivity index (χ2n) is 3.84. The number of nitrogens with two attached hydrogens (primary N) is 1. The summed E-state index contributed by atoms with van der Waals surface area (Å²) in [6, 6.07) is 7.07. The van der Waals surface area contributed by atoms with Crippen molar-refractivity contribution in [2.45, 2.75) is 6.61 Å². The summed E-state index contributed by atoms with van der Waals surface area (Å²) < 4.78 is 18.6. The third-order valence-electron chi connectivity index (χ3n) is 2.40. The maximum absolute atomic E-state index is 13.1. The third kappa shape index (κ3) is 3.44. The first kappa shape index (κ1) is 14.3. The Morgan fingerprint density at radius 1 is 1.00 bits per heavy atom. The maximum Gasteiger partial charge on any atom is 0.157 e. The Bertz CT molecular complexity index is 596. The topological polar surface area (TPSA) is 35.2 Å². The molecule has 2 nitrogen and oxygen atoms in total. The van der Waals surface area contributed by atoms with Crippen LogP contribution in [0.3, 0.4) is 0 Å². The van der Waals surface area contributed by atoms with E-state index in [9.17, 15) is 4.39 Å². The van der Waals surface area contributed by atoms with Crippen LogP contribution in [0.1, 0.15) is 5.56 Å². The molecular formula is C13H9Cl3FNO. The summed E-state index contributed by atoms with van der Waals surface area (Å²) in [5.74, 6) is -0.102. The van der Waals surface area contributed by atoms with Gasteiger partial charge in [0.05, 0.1) is 10.0 Å². The molecule has 0 fully saturated rings. The summed E-state index contributed by atoms with van der Waals surface area (Å²) in [5, 5.41) is 0.985. The summed E-state index contributed by atoms with van der Waals surface area (Å²) in [5.41, 5.74) is 6.53. The Labute approximate surface area is 124 Å². The van der Waals surface area contributed by atoms with Crippen molar-refractivity contribution in [3.05, 3.63) is 56.8 Å². The molecule has 0 aliphatic rings. The molecule has 2 aromatic rings. The van der Waals surface area contributed by atoms with Gasteiger partial charge in [-0.1, -0.05) is 34.8 Å². The van der Waals surface area contributed by atoms with Crippen LogP contribution in [0, 0.1) is 5.82 Å². The first-order chi connectivity index (χ1) is 8.97. The second-order valence-corrected chi connectivity index (χ2v) is 5.06. The first-order valence-corrected chi connectivity index (χ1v) is 6.42. The highest BCUT2D eigenvalue weighted by atomic mass is 35.5. The van der Waals surface area contributed by atoms with Crippen molar-refractivity contribution in [1.29, 1.82) is 0 Å². The number of benzene rings is 2. The number of halogens is 4. The molecule has 0 aliphatic heterocycles.